The van der Waals surface area contributed by atoms with Crippen molar-refractivity contribution in [3.63, 3.8) is 0 Å². The standard InChI is InChI=1S/C13H12N6O2/c14-17-13-10(5-9-3-1-2-4-11(9)16-13)6-18-7-12(15-8-18)19(20)21/h1-5,7-8H,6,14H2,(H,16,17). The summed E-state index contributed by atoms with van der Waals surface area (Å²) in [5.74, 6) is 5.85. The van der Waals surface area contributed by atoms with Crippen LogP contribution in [0.25, 0.3) is 10.9 Å². The highest BCUT2D eigenvalue weighted by molar-refractivity contribution is 5.81. The average Bonchev–Trinajstić information content (AvgIpc) is 2.95. The van der Waals surface area contributed by atoms with E-state index < -0.39 is 4.92 Å². The lowest BCUT2D eigenvalue weighted by atomic mass is 10.1. The summed E-state index contributed by atoms with van der Waals surface area (Å²) in [6, 6.07) is 9.60. The molecule has 0 fully saturated rings. The molecule has 8 heteroatoms. The van der Waals surface area contributed by atoms with Gasteiger partial charge in [-0.05, 0) is 22.0 Å². The van der Waals surface area contributed by atoms with Crippen molar-refractivity contribution in [1.82, 2.24) is 14.5 Å². The number of hydrogen-bond acceptors (Lipinski definition) is 6. The van der Waals surface area contributed by atoms with E-state index in [1.807, 2.05) is 30.3 Å². The highest BCUT2D eigenvalue weighted by Gasteiger charge is 2.12. The molecule has 0 spiro atoms. The quantitative estimate of drug-likeness (QED) is 0.428. The van der Waals surface area contributed by atoms with Gasteiger partial charge in [0.15, 0.2) is 0 Å². The number of nitrogens with one attached hydrogen (secondary N) is 1. The Labute approximate surface area is 119 Å². The lowest BCUT2D eigenvalue weighted by Gasteiger charge is -2.09. The van der Waals surface area contributed by atoms with Gasteiger partial charge in [0, 0.05) is 10.9 Å². The van der Waals surface area contributed by atoms with Gasteiger partial charge in [-0.15, -0.1) is 0 Å². The molecule has 1 aromatic carbocycles. The molecule has 0 aliphatic rings. The van der Waals surface area contributed by atoms with Gasteiger partial charge in [0.25, 0.3) is 0 Å². The molecular formula is C13H12N6O2. The van der Waals surface area contributed by atoms with Crippen LogP contribution in [0, 0.1) is 10.1 Å². The number of nitrogen functional groups attached to an aromatic ring is 1. The van der Waals surface area contributed by atoms with E-state index in [2.05, 4.69) is 15.4 Å². The number of rotatable bonds is 4. The predicted octanol–water partition coefficient (Wildman–Crippen LogP) is 1.67. The smallest absolute Gasteiger partial charge is 0.358 e. The Kier molecular flexibility index (Phi) is 3.20. The lowest BCUT2D eigenvalue weighted by molar-refractivity contribution is -0.389. The first-order valence-corrected chi connectivity index (χ1v) is 6.19. The SMILES string of the molecule is NNc1nc2ccccc2cc1Cn1cnc([N+](=O)[O-])c1. The largest absolute Gasteiger partial charge is 0.381 e. The number of para-hydroxylation sites is 1. The molecular weight excluding hydrogens is 272 g/mol. The van der Waals surface area contributed by atoms with E-state index in [4.69, 9.17) is 5.84 Å². The van der Waals surface area contributed by atoms with Gasteiger partial charge in [0.2, 0.25) is 6.33 Å². The van der Waals surface area contributed by atoms with Crippen molar-refractivity contribution in [1.29, 1.82) is 0 Å². The monoisotopic (exact) mass is 284 g/mol. The summed E-state index contributed by atoms with van der Waals surface area (Å²) in [6.45, 7) is 0.387. The number of fused-ring (bicyclic) bond motifs is 1. The van der Waals surface area contributed by atoms with Crippen molar-refractivity contribution in [3.05, 3.63) is 58.5 Å². The Balaban J connectivity index is 2.00. The molecule has 21 heavy (non-hydrogen) atoms. The molecule has 3 N–H and O–H groups in total. The minimum absolute atomic E-state index is 0.189. The summed E-state index contributed by atoms with van der Waals surface area (Å²) in [7, 11) is 0. The fourth-order valence-electron chi connectivity index (χ4n) is 2.13. The van der Waals surface area contributed by atoms with Gasteiger partial charge < -0.3 is 20.1 Å². The molecule has 8 nitrogen and oxygen atoms in total. The number of nitrogens with two attached hydrogens (primary N) is 1. The summed E-state index contributed by atoms with van der Waals surface area (Å²) in [4.78, 5) is 18.3. The zero-order valence-electron chi connectivity index (χ0n) is 10.9. The molecule has 106 valence electrons. The van der Waals surface area contributed by atoms with Gasteiger partial charge in [-0.25, -0.2) is 10.8 Å². The minimum Gasteiger partial charge on any atom is -0.358 e. The minimum atomic E-state index is -0.531. The second-order valence-corrected chi connectivity index (χ2v) is 4.49. The molecule has 0 radical (unpaired) electrons. The summed E-state index contributed by atoms with van der Waals surface area (Å²) in [6.07, 6.45) is 2.78. The molecule has 0 aliphatic heterocycles. The maximum absolute atomic E-state index is 10.6. The van der Waals surface area contributed by atoms with E-state index in [1.54, 1.807) is 4.57 Å². The second kappa shape index (κ2) is 5.17. The summed E-state index contributed by atoms with van der Waals surface area (Å²) in [5, 5.41) is 11.6. The second-order valence-electron chi connectivity index (χ2n) is 4.49. The molecule has 0 bridgehead atoms. The molecule has 2 aromatic heterocycles. The number of anilines is 1. The zero-order valence-corrected chi connectivity index (χ0v) is 10.9. The van der Waals surface area contributed by atoms with Gasteiger partial charge >= 0.3 is 5.82 Å². The number of pyridine rings is 1. The molecule has 3 rings (SSSR count). The van der Waals surface area contributed by atoms with Crippen molar-refractivity contribution in [2.45, 2.75) is 6.54 Å². The fraction of sp³-hybridized carbons (Fsp3) is 0.0769. The van der Waals surface area contributed by atoms with Gasteiger partial charge in [0.05, 0.1) is 12.1 Å². The highest BCUT2D eigenvalue weighted by Crippen LogP contribution is 2.21. The molecule has 0 saturated carbocycles. The Bertz CT molecular complexity index is 813. The summed E-state index contributed by atoms with van der Waals surface area (Å²) >= 11 is 0. The molecule has 0 atom stereocenters. The number of hydrogen-bond donors (Lipinski definition) is 2. The maximum Gasteiger partial charge on any atom is 0.381 e. The van der Waals surface area contributed by atoms with Crippen LogP contribution >= 0.6 is 0 Å². The Morgan fingerprint density at radius 2 is 2.19 bits per heavy atom. The van der Waals surface area contributed by atoms with Crippen LogP contribution in [0.15, 0.2) is 42.9 Å². The Morgan fingerprint density at radius 1 is 1.38 bits per heavy atom. The first-order chi connectivity index (χ1) is 10.2. The third-order valence-electron chi connectivity index (χ3n) is 3.10. The van der Waals surface area contributed by atoms with E-state index in [9.17, 15) is 10.1 Å². The van der Waals surface area contributed by atoms with Crippen molar-refractivity contribution in [3.8, 4) is 0 Å². The Morgan fingerprint density at radius 3 is 2.90 bits per heavy atom. The molecule has 2 heterocycles. The molecule has 0 amide bonds. The fourth-order valence-corrected chi connectivity index (χ4v) is 2.13. The van der Waals surface area contributed by atoms with Gasteiger partial charge in [-0.3, -0.25) is 0 Å². The van der Waals surface area contributed by atoms with Crippen LogP contribution in [0.4, 0.5) is 11.6 Å². The molecule has 0 saturated heterocycles. The lowest BCUT2D eigenvalue weighted by Crippen LogP contribution is -2.12. The van der Waals surface area contributed by atoms with Crippen molar-refractivity contribution >= 4 is 22.5 Å². The molecule has 0 unspecified atom stereocenters. The van der Waals surface area contributed by atoms with Crippen molar-refractivity contribution < 1.29 is 4.92 Å². The van der Waals surface area contributed by atoms with Crippen LogP contribution in [0.5, 0.6) is 0 Å². The van der Waals surface area contributed by atoms with Crippen LogP contribution in [0.1, 0.15) is 5.56 Å². The maximum atomic E-state index is 10.6. The third kappa shape index (κ3) is 2.51. The third-order valence-corrected chi connectivity index (χ3v) is 3.10. The van der Waals surface area contributed by atoms with E-state index in [-0.39, 0.29) is 5.82 Å². The number of aromatic nitrogens is 3. The average molecular weight is 284 g/mol. The van der Waals surface area contributed by atoms with E-state index in [1.165, 1.54) is 12.5 Å². The number of nitrogens with zero attached hydrogens (tertiary/aromatic N) is 4. The first-order valence-electron chi connectivity index (χ1n) is 6.19. The zero-order chi connectivity index (χ0) is 14.8. The van der Waals surface area contributed by atoms with Gasteiger partial charge in [0.1, 0.15) is 12.0 Å². The first kappa shape index (κ1) is 13.0. The van der Waals surface area contributed by atoms with Crippen LogP contribution in [0.3, 0.4) is 0 Å². The number of imidazole rings is 1. The van der Waals surface area contributed by atoms with Crippen molar-refractivity contribution in [2.24, 2.45) is 5.84 Å². The van der Waals surface area contributed by atoms with Crippen LogP contribution in [-0.4, -0.2) is 19.5 Å². The summed E-state index contributed by atoms with van der Waals surface area (Å²) in [5.41, 5.74) is 4.21. The van der Waals surface area contributed by atoms with Gasteiger partial charge in [-0.1, -0.05) is 18.2 Å². The highest BCUT2D eigenvalue weighted by atomic mass is 16.6. The van der Waals surface area contributed by atoms with E-state index >= 15 is 0 Å². The van der Waals surface area contributed by atoms with E-state index in [0.29, 0.717) is 12.4 Å². The van der Waals surface area contributed by atoms with Crippen LogP contribution in [-0.2, 0) is 6.54 Å². The van der Waals surface area contributed by atoms with Crippen molar-refractivity contribution in [2.75, 3.05) is 5.43 Å². The topological polar surface area (TPSA) is 112 Å². The predicted molar refractivity (Wildman–Crippen MR) is 77.5 cm³/mol. The number of hydrazine groups is 1. The number of benzene rings is 1. The summed E-state index contributed by atoms with van der Waals surface area (Å²) < 4.78 is 1.62. The van der Waals surface area contributed by atoms with Crippen LogP contribution < -0.4 is 11.3 Å². The normalized spacial score (nSPS) is 10.7. The molecule has 0 aliphatic carbocycles. The Hall–Kier alpha value is -3.00. The van der Waals surface area contributed by atoms with Crippen LogP contribution in [0.2, 0.25) is 0 Å². The van der Waals surface area contributed by atoms with Gasteiger partial charge in [-0.2, -0.15) is 0 Å². The number of nitro groups is 1. The van der Waals surface area contributed by atoms with E-state index in [0.717, 1.165) is 16.5 Å². The molecule has 3 aromatic rings.